The lowest BCUT2D eigenvalue weighted by Gasteiger charge is -2.11. The van der Waals surface area contributed by atoms with Gasteiger partial charge in [0.2, 0.25) is 0 Å². The van der Waals surface area contributed by atoms with Crippen molar-refractivity contribution in [2.45, 2.75) is 11.8 Å². The van der Waals surface area contributed by atoms with Gasteiger partial charge in [0.1, 0.15) is 0 Å². The molecule has 0 aromatic heterocycles. The van der Waals surface area contributed by atoms with Gasteiger partial charge in [0.05, 0.1) is 6.61 Å². The molecule has 0 fully saturated rings. The van der Waals surface area contributed by atoms with E-state index in [1.807, 2.05) is 48.5 Å². The summed E-state index contributed by atoms with van der Waals surface area (Å²) in [5.74, 6) is -0.0963. The number of benzene rings is 2. The molecule has 1 amide bonds. The zero-order valence-electron chi connectivity index (χ0n) is 11.9. The highest BCUT2D eigenvalue weighted by atomic mass is 79.9. The Morgan fingerprint density at radius 3 is 2.52 bits per heavy atom. The van der Waals surface area contributed by atoms with E-state index in [2.05, 4.69) is 21.2 Å². The maximum Gasteiger partial charge on any atom is 0.255 e. The largest absolute Gasteiger partial charge is 0.384 e. The van der Waals surface area contributed by atoms with Crippen molar-refractivity contribution in [3.05, 3.63) is 65.2 Å². The number of ether oxygens (including phenoxy) is 1. The second kappa shape index (κ2) is 7.96. The number of para-hydroxylation sites is 1. The van der Waals surface area contributed by atoms with Crippen LogP contribution in [0.5, 0.6) is 0 Å². The van der Waals surface area contributed by atoms with Crippen molar-refractivity contribution in [3.63, 3.8) is 0 Å². The fraction of sp³-hybridized carbons (Fsp3) is 0.235. The van der Waals surface area contributed by atoms with Crippen molar-refractivity contribution in [2.75, 3.05) is 19.0 Å². The minimum absolute atomic E-state index is 0.0963. The van der Waals surface area contributed by atoms with Crippen LogP contribution in [0.2, 0.25) is 0 Å². The summed E-state index contributed by atoms with van der Waals surface area (Å²) < 4.78 is 5.10. The van der Waals surface area contributed by atoms with E-state index < -0.39 is 0 Å². The van der Waals surface area contributed by atoms with Gasteiger partial charge in [-0.05, 0) is 35.7 Å². The van der Waals surface area contributed by atoms with Gasteiger partial charge in [-0.15, -0.1) is 0 Å². The van der Waals surface area contributed by atoms with Crippen LogP contribution in [0.3, 0.4) is 0 Å². The van der Waals surface area contributed by atoms with Crippen LogP contribution in [0.15, 0.2) is 48.5 Å². The van der Waals surface area contributed by atoms with Gasteiger partial charge in [-0.1, -0.05) is 46.3 Å². The van der Waals surface area contributed by atoms with Crippen molar-refractivity contribution < 1.29 is 9.53 Å². The number of carbonyl (C=O) groups is 1. The summed E-state index contributed by atoms with van der Waals surface area (Å²) >= 11 is 3.39. The molecule has 0 atom stereocenters. The van der Waals surface area contributed by atoms with Crippen molar-refractivity contribution >= 4 is 27.5 Å². The Kier molecular flexibility index (Phi) is 5.96. The van der Waals surface area contributed by atoms with E-state index in [0.717, 1.165) is 28.6 Å². The number of amides is 1. The number of rotatable bonds is 6. The van der Waals surface area contributed by atoms with Gasteiger partial charge in [-0.3, -0.25) is 4.79 Å². The zero-order chi connectivity index (χ0) is 15.1. The molecule has 2 aromatic rings. The molecule has 0 saturated carbocycles. The van der Waals surface area contributed by atoms with E-state index in [1.54, 1.807) is 7.11 Å². The number of halogens is 1. The Hall–Kier alpha value is -1.65. The first kappa shape index (κ1) is 15.7. The summed E-state index contributed by atoms with van der Waals surface area (Å²) in [7, 11) is 1.67. The molecule has 0 aliphatic rings. The molecule has 0 radical (unpaired) electrons. The molecule has 0 unspecified atom stereocenters. The Morgan fingerprint density at radius 2 is 1.86 bits per heavy atom. The van der Waals surface area contributed by atoms with Gasteiger partial charge in [-0.25, -0.2) is 0 Å². The van der Waals surface area contributed by atoms with Crippen LogP contribution in [0.25, 0.3) is 0 Å². The first-order valence-corrected chi connectivity index (χ1v) is 7.90. The van der Waals surface area contributed by atoms with E-state index in [9.17, 15) is 4.79 Å². The van der Waals surface area contributed by atoms with Gasteiger partial charge in [0.25, 0.3) is 5.91 Å². The SMILES string of the molecule is COCCc1ccccc1NC(=O)c1ccc(CBr)cc1. The van der Waals surface area contributed by atoms with Gasteiger partial charge in [-0.2, -0.15) is 0 Å². The predicted molar refractivity (Wildman–Crippen MR) is 89.0 cm³/mol. The highest BCUT2D eigenvalue weighted by Gasteiger charge is 2.08. The summed E-state index contributed by atoms with van der Waals surface area (Å²) in [5.41, 5.74) is 3.71. The molecule has 0 heterocycles. The third-order valence-corrected chi connectivity index (χ3v) is 3.86. The molecule has 0 aliphatic carbocycles. The number of hydrogen-bond acceptors (Lipinski definition) is 2. The average molecular weight is 348 g/mol. The van der Waals surface area contributed by atoms with Crippen LogP contribution < -0.4 is 5.32 Å². The molecule has 4 heteroatoms. The van der Waals surface area contributed by atoms with Crippen LogP contribution >= 0.6 is 15.9 Å². The molecule has 3 nitrogen and oxygen atoms in total. The van der Waals surface area contributed by atoms with Crippen LogP contribution in [0.1, 0.15) is 21.5 Å². The minimum atomic E-state index is -0.0963. The summed E-state index contributed by atoms with van der Waals surface area (Å²) in [4.78, 5) is 12.3. The van der Waals surface area contributed by atoms with Crippen LogP contribution in [-0.2, 0) is 16.5 Å². The molecule has 0 bridgehead atoms. The first-order chi connectivity index (χ1) is 10.2. The fourth-order valence-electron chi connectivity index (χ4n) is 2.01. The monoisotopic (exact) mass is 347 g/mol. The van der Waals surface area contributed by atoms with Crippen LogP contribution in [-0.4, -0.2) is 19.6 Å². The van der Waals surface area contributed by atoms with Gasteiger partial charge >= 0.3 is 0 Å². The number of alkyl halides is 1. The standard InChI is InChI=1S/C17H18BrNO2/c1-21-11-10-14-4-2-3-5-16(14)19-17(20)15-8-6-13(12-18)7-9-15/h2-9H,10-12H2,1H3,(H,19,20). The number of carbonyl (C=O) groups excluding carboxylic acids is 1. The highest BCUT2D eigenvalue weighted by Crippen LogP contribution is 2.17. The predicted octanol–water partition coefficient (Wildman–Crippen LogP) is 4.02. The Labute approximate surface area is 133 Å². The third-order valence-electron chi connectivity index (χ3n) is 3.21. The lowest BCUT2D eigenvalue weighted by atomic mass is 10.1. The van der Waals surface area contributed by atoms with Crippen molar-refractivity contribution in [3.8, 4) is 0 Å². The molecular weight excluding hydrogens is 330 g/mol. The topological polar surface area (TPSA) is 38.3 Å². The van der Waals surface area contributed by atoms with E-state index in [1.165, 1.54) is 0 Å². The number of methoxy groups -OCH3 is 1. The fourth-order valence-corrected chi connectivity index (χ4v) is 2.39. The molecule has 0 spiro atoms. The van der Waals surface area contributed by atoms with E-state index >= 15 is 0 Å². The van der Waals surface area contributed by atoms with Crippen molar-refractivity contribution in [1.29, 1.82) is 0 Å². The van der Waals surface area contributed by atoms with E-state index in [0.29, 0.717) is 12.2 Å². The molecule has 1 N–H and O–H groups in total. The maximum absolute atomic E-state index is 12.3. The molecule has 110 valence electrons. The van der Waals surface area contributed by atoms with Crippen molar-refractivity contribution in [2.24, 2.45) is 0 Å². The second-order valence-corrected chi connectivity index (χ2v) is 5.25. The Balaban J connectivity index is 2.11. The molecule has 0 saturated heterocycles. The van der Waals surface area contributed by atoms with Gasteiger partial charge < -0.3 is 10.1 Å². The Bertz CT molecular complexity index is 596. The molecule has 0 aliphatic heterocycles. The highest BCUT2D eigenvalue weighted by molar-refractivity contribution is 9.08. The molecule has 2 aromatic carbocycles. The van der Waals surface area contributed by atoms with Gasteiger partial charge in [0, 0.05) is 23.7 Å². The van der Waals surface area contributed by atoms with Crippen LogP contribution in [0, 0.1) is 0 Å². The maximum atomic E-state index is 12.3. The lowest BCUT2D eigenvalue weighted by molar-refractivity contribution is 0.102. The number of anilines is 1. The summed E-state index contributed by atoms with van der Waals surface area (Å²) in [6.45, 7) is 0.632. The smallest absolute Gasteiger partial charge is 0.255 e. The van der Waals surface area contributed by atoms with Crippen molar-refractivity contribution in [1.82, 2.24) is 0 Å². The first-order valence-electron chi connectivity index (χ1n) is 6.77. The normalized spacial score (nSPS) is 10.4. The summed E-state index contributed by atoms with van der Waals surface area (Å²) in [5, 5.41) is 3.75. The zero-order valence-corrected chi connectivity index (χ0v) is 13.5. The van der Waals surface area contributed by atoms with Crippen LogP contribution in [0.4, 0.5) is 5.69 Å². The minimum Gasteiger partial charge on any atom is -0.384 e. The van der Waals surface area contributed by atoms with Gasteiger partial charge in [0.15, 0.2) is 0 Å². The summed E-state index contributed by atoms with van der Waals surface area (Å²) in [6.07, 6.45) is 0.773. The molecule has 2 rings (SSSR count). The third kappa shape index (κ3) is 4.41. The lowest BCUT2D eigenvalue weighted by Crippen LogP contribution is -2.13. The quantitative estimate of drug-likeness (QED) is 0.801. The number of hydrogen-bond donors (Lipinski definition) is 1. The Morgan fingerprint density at radius 1 is 1.14 bits per heavy atom. The number of nitrogens with one attached hydrogen (secondary N) is 1. The molecular formula is C17H18BrNO2. The van der Waals surface area contributed by atoms with E-state index in [4.69, 9.17) is 4.74 Å². The average Bonchev–Trinajstić information content (AvgIpc) is 2.54. The summed E-state index contributed by atoms with van der Waals surface area (Å²) in [6, 6.07) is 15.4. The van der Waals surface area contributed by atoms with E-state index in [-0.39, 0.29) is 5.91 Å². The second-order valence-electron chi connectivity index (χ2n) is 4.68. The molecule has 21 heavy (non-hydrogen) atoms.